The summed E-state index contributed by atoms with van der Waals surface area (Å²) in [6, 6.07) is 77.0. The Labute approximate surface area is 332 Å². The number of nitrogens with one attached hydrogen (secondary N) is 2. The Kier molecular flexibility index (Phi) is 8.86. The lowest BCUT2D eigenvalue weighted by atomic mass is 9.93. The summed E-state index contributed by atoms with van der Waals surface area (Å²) < 4.78 is 6.36. The van der Waals surface area contributed by atoms with E-state index in [-0.39, 0.29) is 0 Å². The van der Waals surface area contributed by atoms with Gasteiger partial charge in [0.25, 0.3) is 0 Å². The summed E-state index contributed by atoms with van der Waals surface area (Å²) in [4.78, 5) is 0. The predicted octanol–water partition coefficient (Wildman–Crippen LogP) is 15.4. The number of para-hydroxylation sites is 2. The Morgan fingerprint density at radius 2 is 0.754 bits per heavy atom. The number of hydrogen-bond donors (Lipinski definition) is 2. The van der Waals surface area contributed by atoms with Gasteiger partial charge in [-0.3, -0.25) is 0 Å². The third-order valence-corrected chi connectivity index (χ3v) is 10.7. The number of fused-ring (bicyclic) bond motifs is 3. The Morgan fingerprint density at radius 3 is 1.46 bits per heavy atom. The van der Waals surface area contributed by atoms with Crippen molar-refractivity contribution in [3.05, 3.63) is 218 Å². The Bertz CT molecular complexity index is 2980. The second kappa shape index (κ2) is 14.9. The van der Waals surface area contributed by atoms with Gasteiger partial charge < -0.3 is 15.1 Å². The van der Waals surface area contributed by atoms with Crippen molar-refractivity contribution in [3.8, 4) is 55.6 Å². The van der Waals surface area contributed by atoms with E-state index in [0.717, 1.165) is 78.1 Å². The molecule has 0 spiro atoms. The van der Waals surface area contributed by atoms with E-state index in [1.807, 2.05) is 24.3 Å². The van der Waals surface area contributed by atoms with Gasteiger partial charge in [-0.1, -0.05) is 158 Å². The molecule has 0 saturated carbocycles. The van der Waals surface area contributed by atoms with Crippen molar-refractivity contribution in [2.45, 2.75) is 0 Å². The first-order valence-electron chi connectivity index (χ1n) is 19.3. The summed E-state index contributed by atoms with van der Waals surface area (Å²) in [6.45, 7) is 0. The zero-order valence-electron chi connectivity index (χ0n) is 31.2. The highest BCUT2D eigenvalue weighted by atomic mass is 16.3. The molecule has 0 bridgehead atoms. The normalized spacial score (nSPS) is 11.2. The molecule has 9 aromatic carbocycles. The maximum absolute atomic E-state index is 6.36. The van der Waals surface area contributed by atoms with E-state index in [2.05, 4.69) is 205 Å². The van der Waals surface area contributed by atoms with Gasteiger partial charge in [-0.15, -0.1) is 0 Å². The molecule has 0 amide bonds. The monoisotopic (exact) mass is 730 g/mol. The molecule has 0 unspecified atom stereocenters. The molecule has 1 heterocycles. The molecule has 0 radical (unpaired) electrons. The highest BCUT2D eigenvalue weighted by Gasteiger charge is 2.17. The number of furan rings is 1. The summed E-state index contributed by atoms with van der Waals surface area (Å²) >= 11 is 0. The second-order valence-corrected chi connectivity index (χ2v) is 14.3. The molecule has 1 aromatic heterocycles. The van der Waals surface area contributed by atoms with Crippen molar-refractivity contribution in [2.75, 3.05) is 10.6 Å². The molecule has 0 atom stereocenters. The molecular formula is C54H38N2O. The zero-order valence-corrected chi connectivity index (χ0v) is 31.2. The molecule has 0 aliphatic rings. The first-order chi connectivity index (χ1) is 28.2. The molecule has 10 rings (SSSR count). The van der Waals surface area contributed by atoms with Crippen LogP contribution in [-0.4, -0.2) is 0 Å². The van der Waals surface area contributed by atoms with Crippen LogP contribution in [0.25, 0.3) is 77.6 Å². The standard InChI is InChI=1S/C54H38N2O/c1-3-13-37(14-4-1)39-25-30-44(31-26-39)55-50-22-9-7-19-46(50)43-18-11-17-41(35-43)42-29-34-51(56-45-32-27-40(28-33-45)38-15-5-2-6-16-38)49(36-42)47-21-12-24-53-54(47)48-20-8-10-23-52(48)57-53/h1-36,55-56H. The molecule has 0 fully saturated rings. The van der Waals surface area contributed by atoms with Crippen LogP contribution < -0.4 is 10.6 Å². The van der Waals surface area contributed by atoms with Gasteiger partial charge in [-0.05, 0) is 105 Å². The first-order valence-corrected chi connectivity index (χ1v) is 19.3. The van der Waals surface area contributed by atoms with Crippen molar-refractivity contribution in [2.24, 2.45) is 0 Å². The molecule has 10 aromatic rings. The molecule has 3 nitrogen and oxygen atoms in total. The van der Waals surface area contributed by atoms with Crippen LogP contribution in [0.5, 0.6) is 0 Å². The van der Waals surface area contributed by atoms with E-state index in [1.165, 1.54) is 22.3 Å². The van der Waals surface area contributed by atoms with Gasteiger partial charge in [-0.25, -0.2) is 0 Å². The fourth-order valence-corrected chi connectivity index (χ4v) is 7.83. The minimum absolute atomic E-state index is 0.873. The van der Waals surface area contributed by atoms with Gasteiger partial charge in [-0.2, -0.15) is 0 Å². The minimum atomic E-state index is 0.873. The van der Waals surface area contributed by atoms with Crippen LogP contribution in [0.1, 0.15) is 0 Å². The Balaban J connectivity index is 1.02. The molecule has 270 valence electrons. The SMILES string of the molecule is c1ccc(-c2ccc(Nc3ccccc3-c3cccc(-c4ccc(Nc5ccc(-c6ccccc6)cc5)c(-c5cccc6oc7ccccc7c56)c4)c3)cc2)cc1. The van der Waals surface area contributed by atoms with E-state index in [4.69, 9.17) is 4.42 Å². The molecule has 0 aliphatic heterocycles. The lowest BCUT2D eigenvalue weighted by molar-refractivity contribution is 0.669. The van der Waals surface area contributed by atoms with E-state index >= 15 is 0 Å². The van der Waals surface area contributed by atoms with Crippen molar-refractivity contribution < 1.29 is 4.42 Å². The lowest BCUT2D eigenvalue weighted by Crippen LogP contribution is -1.95. The molecule has 0 saturated heterocycles. The Morgan fingerprint density at radius 1 is 0.281 bits per heavy atom. The third kappa shape index (κ3) is 6.84. The molecule has 57 heavy (non-hydrogen) atoms. The number of anilines is 4. The van der Waals surface area contributed by atoms with E-state index < -0.39 is 0 Å². The van der Waals surface area contributed by atoms with Crippen LogP contribution in [-0.2, 0) is 0 Å². The lowest BCUT2D eigenvalue weighted by Gasteiger charge is -2.17. The van der Waals surface area contributed by atoms with Crippen LogP contribution >= 0.6 is 0 Å². The number of benzene rings is 9. The van der Waals surface area contributed by atoms with Gasteiger partial charge in [0.2, 0.25) is 0 Å². The maximum Gasteiger partial charge on any atom is 0.136 e. The van der Waals surface area contributed by atoms with Gasteiger partial charge in [0.1, 0.15) is 11.2 Å². The summed E-state index contributed by atoms with van der Waals surface area (Å²) in [5.74, 6) is 0. The third-order valence-electron chi connectivity index (χ3n) is 10.7. The van der Waals surface area contributed by atoms with Crippen molar-refractivity contribution >= 4 is 44.7 Å². The van der Waals surface area contributed by atoms with Crippen LogP contribution in [0.15, 0.2) is 223 Å². The molecule has 2 N–H and O–H groups in total. The number of rotatable bonds is 9. The van der Waals surface area contributed by atoms with Gasteiger partial charge in [0.05, 0.1) is 0 Å². The van der Waals surface area contributed by atoms with Crippen LogP contribution in [0.4, 0.5) is 22.7 Å². The second-order valence-electron chi connectivity index (χ2n) is 14.3. The van der Waals surface area contributed by atoms with E-state index in [9.17, 15) is 0 Å². The first kappa shape index (κ1) is 33.9. The average molecular weight is 731 g/mol. The minimum Gasteiger partial charge on any atom is -0.456 e. The molecule has 3 heteroatoms. The van der Waals surface area contributed by atoms with Crippen molar-refractivity contribution in [3.63, 3.8) is 0 Å². The van der Waals surface area contributed by atoms with Crippen LogP contribution in [0, 0.1) is 0 Å². The van der Waals surface area contributed by atoms with Crippen molar-refractivity contribution in [1.82, 2.24) is 0 Å². The van der Waals surface area contributed by atoms with Gasteiger partial charge >= 0.3 is 0 Å². The highest BCUT2D eigenvalue weighted by Crippen LogP contribution is 2.42. The summed E-state index contributed by atoms with van der Waals surface area (Å²) in [7, 11) is 0. The van der Waals surface area contributed by atoms with E-state index in [1.54, 1.807) is 0 Å². The summed E-state index contributed by atoms with van der Waals surface area (Å²) in [5.41, 5.74) is 17.4. The van der Waals surface area contributed by atoms with Crippen molar-refractivity contribution in [1.29, 1.82) is 0 Å². The fraction of sp³-hybridized carbons (Fsp3) is 0. The smallest absolute Gasteiger partial charge is 0.136 e. The number of hydrogen-bond acceptors (Lipinski definition) is 3. The molecule has 0 aliphatic carbocycles. The zero-order chi connectivity index (χ0) is 38.0. The quantitative estimate of drug-likeness (QED) is 0.155. The van der Waals surface area contributed by atoms with Gasteiger partial charge in [0.15, 0.2) is 0 Å². The Hall–Kier alpha value is -7.62. The van der Waals surface area contributed by atoms with Gasteiger partial charge in [0, 0.05) is 44.6 Å². The summed E-state index contributed by atoms with van der Waals surface area (Å²) in [6.07, 6.45) is 0. The van der Waals surface area contributed by atoms with E-state index in [0.29, 0.717) is 0 Å². The predicted molar refractivity (Wildman–Crippen MR) is 240 cm³/mol. The van der Waals surface area contributed by atoms with Crippen LogP contribution in [0.2, 0.25) is 0 Å². The average Bonchev–Trinajstić information content (AvgIpc) is 3.67. The topological polar surface area (TPSA) is 37.2 Å². The van der Waals surface area contributed by atoms with Crippen LogP contribution in [0.3, 0.4) is 0 Å². The highest BCUT2D eigenvalue weighted by molar-refractivity contribution is 6.13. The molecular weight excluding hydrogens is 693 g/mol. The fourth-order valence-electron chi connectivity index (χ4n) is 7.83. The largest absolute Gasteiger partial charge is 0.456 e. The summed E-state index contributed by atoms with van der Waals surface area (Å²) in [5, 5.41) is 9.68. The maximum atomic E-state index is 6.36.